The van der Waals surface area contributed by atoms with E-state index in [1.54, 1.807) is 0 Å². The topological polar surface area (TPSA) is 13.1 Å². The predicted octanol–water partition coefficient (Wildman–Crippen LogP) is 12.9. The lowest BCUT2D eigenvalue weighted by molar-refractivity contribution is 0.598. The molecule has 0 fully saturated rings. The van der Waals surface area contributed by atoms with Gasteiger partial charge in [-0.1, -0.05) is 151 Å². The van der Waals surface area contributed by atoms with Gasteiger partial charge in [-0.15, -0.1) is 0 Å². The highest BCUT2D eigenvalue weighted by Gasteiger charge is 2.22. The summed E-state index contributed by atoms with van der Waals surface area (Å²) < 4.78 is 6.76. The maximum atomic E-state index is 6.76. The van der Waals surface area contributed by atoms with Crippen molar-refractivity contribution in [3.63, 3.8) is 0 Å². The van der Waals surface area contributed by atoms with E-state index in [2.05, 4.69) is 170 Å². The van der Waals surface area contributed by atoms with Crippen LogP contribution in [0.5, 0.6) is 0 Å². The van der Waals surface area contributed by atoms with Crippen molar-refractivity contribution in [2.24, 2.45) is 0 Å². The molecule has 0 unspecified atom stereocenters. The monoisotopic (exact) mass is 604 g/mol. The summed E-state index contributed by atoms with van der Waals surface area (Å²) in [6.07, 6.45) is 0. The lowest BCUT2D eigenvalue weighted by atomic mass is 9.87. The Morgan fingerprint density at radius 2 is 0.826 bits per heavy atom. The average molecular weight is 605 g/mol. The highest BCUT2D eigenvalue weighted by Crippen LogP contribution is 2.50. The van der Waals surface area contributed by atoms with E-state index >= 15 is 0 Å². The van der Waals surface area contributed by atoms with E-state index in [4.69, 9.17) is 4.42 Å². The molecule has 0 atom stereocenters. The van der Waals surface area contributed by atoms with Gasteiger partial charge < -0.3 is 4.42 Å². The molecule has 0 radical (unpaired) electrons. The van der Waals surface area contributed by atoms with Crippen LogP contribution in [-0.4, -0.2) is 0 Å². The molecule has 9 rings (SSSR count). The third-order valence-corrected chi connectivity index (χ3v) is 10.1. The van der Waals surface area contributed by atoms with E-state index in [1.807, 2.05) is 11.8 Å². The number of furan rings is 1. The molecular weight excluding hydrogens is 577 g/mol. The Morgan fingerprint density at radius 3 is 1.54 bits per heavy atom. The van der Waals surface area contributed by atoms with Crippen molar-refractivity contribution < 1.29 is 4.42 Å². The molecule has 7 aromatic carbocycles. The maximum Gasteiger partial charge on any atom is 0.135 e. The second-order valence-electron chi connectivity index (χ2n) is 11.6. The van der Waals surface area contributed by atoms with Gasteiger partial charge in [-0.2, -0.15) is 0 Å². The Kier molecular flexibility index (Phi) is 6.47. The quantitative estimate of drug-likeness (QED) is 0.194. The van der Waals surface area contributed by atoms with Crippen LogP contribution < -0.4 is 0 Å². The van der Waals surface area contributed by atoms with Crippen LogP contribution in [0.1, 0.15) is 0 Å². The van der Waals surface area contributed by atoms with Crippen molar-refractivity contribution in [1.29, 1.82) is 0 Å². The minimum atomic E-state index is 0.858. The fraction of sp³-hybridized carbons (Fsp3) is 0. The number of fused-ring (bicyclic) bond motifs is 2. The Bertz CT molecular complexity index is 2400. The summed E-state index contributed by atoms with van der Waals surface area (Å²) in [7, 11) is 0. The van der Waals surface area contributed by atoms with Gasteiger partial charge in [0, 0.05) is 26.3 Å². The molecule has 0 aliphatic carbocycles. The number of hydrogen-bond acceptors (Lipinski definition) is 2. The first-order valence-corrected chi connectivity index (χ1v) is 16.4. The summed E-state index contributed by atoms with van der Waals surface area (Å²) >= 11 is 1.85. The van der Waals surface area contributed by atoms with Crippen molar-refractivity contribution in [2.75, 3.05) is 0 Å². The van der Waals surface area contributed by atoms with E-state index < -0.39 is 0 Å². The van der Waals surface area contributed by atoms with Gasteiger partial charge in [-0.05, 0) is 80.2 Å². The van der Waals surface area contributed by atoms with Crippen LogP contribution in [0.3, 0.4) is 0 Å². The molecule has 46 heavy (non-hydrogen) atoms. The fourth-order valence-electron chi connectivity index (χ4n) is 6.90. The van der Waals surface area contributed by atoms with Crippen molar-refractivity contribution in [3.8, 4) is 67.2 Å². The normalized spacial score (nSPS) is 11.8. The molecule has 8 aromatic rings. The van der Waals surface area contributed by atoms with E-state index in [0.29, 0.717) is 0 Å². The molecule has 0 spiro atoms. The van der Waals surface area contributed by atoms with Crippen LogP contribution in [0.25, 0.3) is 77.9 Å². The second kappa shape index (κ2) is 11.1. The second-order valence-corrected chi connectivity index (χ2v) is 12.7. The maximum absolute atomic E-state index is 6.76. The van der Waals surface area contributed by atoms with Crippen molar-refractivity contribution >= 4 is 22.5 Å². The first kappa shape index (κ1) is 26.8. The lowest BCUT2D eigenvalue weighted by Gasteiger charge is -2.21. The van der Waals surface area contributed by atoms with E-state index in [0.717, 1.165) is 28.2 Å². The van der Waals surface area contributed by atoms with E-state index in [1.165, 1.54) is 59.5 Å². The van der Waals surface area contributed by atoms with Crippen molar-refractivity contribution in [2.45, 2.75) is 9.79 Å². The molecule has 0 bridgehead atoms. The van der Waals surface area contributed by atoms with Crippen LogP contribution in [0.4, 0.5) is 0 Å². The molecule has 1 aliphatic heterocycles. The molecule has 0 saturated carbocycles. The first-order valence-electron chi connectivity index (χ1n) is 15.6. The van der Waals surface area contributed by atoms with Crippen LogP contribution in [0.15, 0.2) is 184 Å². The summed E-state index contributed by atoms with van der Waals surface area (Å²) in [4.78, 5) is 2.59. The van der Waals surface area contributed by atoms with Crippen LogP contribution in [-0.2, 0) is 0 Å². The van der Waals surface area contributed by atoms with Gasteiger partial charge in [0.25, 0.3) is 0 Å². The Morgan fingerprint density at radius 1 is 0.304 bits per heavy atom. The van der Waals surface area contributed by atoms with E-state index in [-0.39, 0.29) is 0 Å². The zero-order valence-corrected chi connectivity index (χ0v) is 25.8. The molecule has 2 heteroatoms. The highest BCUT2D eigenvalue weighted by atomic mass is 32.2. The molecule has 1 nitrogen and oxygen atoms in total. The van der Waals surface area contributed by atoms with Gasteiger partial charge in [0.1, 0.15) is 11.5 Å². The van der Waals surface area contributed by atoms with Crippen LogP contribution in [0, 0.1) is 0 Å². The number of rotatable bonds is 5. The molecule has 0 saturated heterocycles. The largest absolute Gasteiger partial charge is 0.456 e. The SMILES string of the molecule is c1ccc(-c2ccccc2-c2ccccc2-c2ccccc2-c2ccc(-c3ccc4c5c(cccc35)-c3ccccc3S4)o2)cc1. The number of hydrogen-bond donors (Lipinski definition) is 0. The van der Waals surface area contributed by atoms with Gasteiger partial charge in [0.05, 0.1) is 0 Å². The smallest absolute Gasteiger partial charge is 0.135 e. The fourth-order valence-corrected chi connectivity index (χ4v) is 8.03. The molecule has 2 heterocycles. The van der Waals surface area contributed by atoms with Gasteiger partial charge >= 0.3 is 0 Å². The first-order chi connectivity index (χ1) is 22.8. The average Bonchev–Trinajstić information content (AvgIpc) is 3.62. The summed E-state index contributed by atoms with van der Waals surface area (Å²) in [5, 5.41) is 2.52. The van der Waals surface area contributed by atoms with E-state index in [9.17, 15) is 0 Å². The molecular formula is C44H28OS. The minimum absolute atomic E-state index is 0.858. The standard InChI is InChI=1S/C44H28OS/c1-2-13-29(14-3-1)30-15-4-5-16-31(30)32-17-6-7-18-33(32)34-19-8-9-20-35(34)40-26-27-41(45-40)36-25-28-43-44-38(36)22-12-23-39(44)37-21-10-11-24-42(37)46-43/h1-28H. The Hall–Kier alpha value is -5.57. The Balaban J connectivity index is 1.16. The van der Waals surface area contributed by atoms with Crippen LogP contribution in [0.2, 0.25) is 0 Å². The summed E-state index contributed by atoms with van der Waals surface area (Å²) in [5.74, 6) is 1.73. The number of benzene rings is 7. The highest BCUT2D eigenvalue weighted by molar-refractivity contribution is 7.99. The zero-order valence-electron chi connectivity index (χ0n) is 25.0. The third kappa shape index (κ3) is 4.42. The van der Waals surface area contributed by atoms with Gasteiger partial charge in [0.2, 0.25) is 0 Å². The molecule has 0 N–H and O–H groups in total. The summed E-state index contributed by atoms with van der Waals surface area (Å²) in [6, 6.07) is 60.6. The van der Waals surface area contributed by atoms with Gasteiger partial charge in [0.15, 0.2) is 0 Å². The summed E-state index contributed by atoms with van der Waals surface area (Å²) in [6.45, 7) is 0. The molecule has 0 amide bonds. The van der Waals surface area contributed by atoms with Gasteiger partial charge in [-0.25, -0.2) is 0 Å². The lowest BCUT2D eigenvalue weighted by Crippen LogP contribution is -1.93. The van der Waals surface area contributed by atoms with Gasteiger partial charge in [-0.3, -0.25) is 0 Å². The third-order valence-electron chi connectivity index (χ3n) is 8.98. The zero-order chi connectivity index (χ0) is 30.5. The molecule has 216 valence electrons. The summed E-state index contributed by atoms with van der Waals surface area (Å²) in [5.41, 5.74) is 11.9. The Labute approximate surface area is 272 Å². The molecule has 1 aliphatic rings. The minimum Gasteiger partial charge on any atom is -0.456 e. The molecule has 1 aromatic heterocycles. The van der Waals surface area contributed by atoms with Crippen LogP contribution >= 0.6 is 11.8 Å². The van der Waals surface area contributed by atoms with Crippen molar-refractivity contribution in [1.82, 2.24) is 0 Å². The van der Waals surface area contributed by atoms with Crippen molar-refractivity contribution in [3.05, 3.63) is 170 Å². The predicted molar refractivity (Wildman–Crippen MR) is 193 cm³/mol.